The number of carbonyl (C=O) groups excluding carboxylic acids is 1. The van der Waals surface area contributed by atoms with E-state index >= 15 is 0 Å². The summed E-state index contributed by atoms with van der Waals surface area (Å²) in [6.07, 6.45) is 3.27. The molecule has 1 N–H and O–H groups in total. The lowest BCUT2D eigenvalue weighted by molar-refractivity contribution is 0.0988. The monoisotopic (exact) mass is 375 g/mol. The minimum absolute atomic E-state index is 0.0907. The smallest absolute Gasteiger partial charge is 0.259 e. The zero-order valence-electron chi connectivity index (χ0n) is 15.6. The summed E-state index contributed by atoms with van der Waals surface area (Å²) in [5, 5.41) is 3.28. The molecule has 2 aromatic carbocycles. The topological polar surface area (TPSA) is 63.7 Å². The number of ether oxygens (including phenoxy) is 2. The molecule has 0 saturated carbocycles. The molecular formula is C22H21N3O3. The highest BCUT2D eigenvalue weighted by Gasteiger charge is 2.17. The Balaban J connectivity index is 1.55. The number of carbonyl (C=O) groups is 1. The summed E-state index contributed by atoms with van der Waals surface area (Å²) in [6.45, 7) is 3.62. The zero-order chi connectivity index (χ0) is 19.3. The van der Waals surface area contributed by atoms with Gasteiger partial charge in [-0.15, -0.1) is 0 Å². The molecule has 4 rings (SSSR count). The molecule has 0 saturated heterocycles. The van der Waals surface area contributed by atoms with E-state index in [9.17, 15) is 4.79 Å². The molecule has 0 fully saturated rings. The van der Waals surface area contributed by atoms with Gasteiger partial charge in [-0.05, 0) is 37.3 Å². The third-order valence-electron chi connectivity index (χ3n) is 4.45. The number of pyridine rings is 1. The predicted molar refractivity (Wildman–Crippen MR) is 109 cm³/mol. The molecule has 3 aromatic rings. The molecule has 142 valence electrons. The quantitative estimate of drug-likeness (QED) is 0.722. The summed E-state index contributed by atoms with van der Waals surface area (Å²) in [7, 11) is 0. The first-order valence-corrected chi connectivity index (χ1v) is 9.23. The molecule has 1 aliphatic heterocycles. The van der Waals surface area contributed by atoms with Gasteiger partial charge in [0.1, 0.15) is 13.2 Å². The van der Waals surface area contributed by atoms with Gasteiger partial charge in [-0.1, -0.05) is 18.2 Å². The number of benzene rings is 2. The summed E-state index contributed by atoms with van der Waals surface area (Å²) in [4.78, 5) is 19.0. The lowest BCUT2D eigenvalue weighted by Crippen LogP contribution is -2.30. The van der Waals surface area contributed by atoms with Gasteiger partial charge >= 0.3 is 0 Å². The average molecular weight is 375 g/mol. The molecule has 6 heteroatoms. The number of fused-ring (bicyclic) bond motifs is 1. The van der Waals surface area contributed by atoms with Crippen LogP contribution >= 0.6 is 0 Å². The van der Waals surface area contributed by atoms with Crippen LogP contribution in [0.1, 0.15) is 17.3 Å². The van der Waals surface area contributed by atoms with Crippen molar-refractivity contribution < 1.29 is 14.3 Å². The number of nitrogens with one attached hydrogen (secondary N) is 1. The highest BCUT2D eigenvalue weighted by atomic mass is 16.6. The largest absolute Gasteiger partial charge is 0.486 e. The normalized spacial score (nSPS) is 12.3. The second kappa shape index (κ2) is 8.00. The zero-order valence-corrected chi connectivity index (χ0v) is 15.6. The van der Waals surface area contributed by atoms with Gasteiger partial charge in [0, 0.05) is 30.2 Å². The van der Waals surface area contributed by atoms with Crippen LogP contribution in [0.25, 0.3) is 0 Å². The lowest BCUT2D eigenvalue weighted by Gasteiger charge is -2.21. The van der Waals surface area contributed by atoms with Crippen LogP contribution in [0.4, 0.5) is 17.1 Å². The van der Waals surface area contributed by atoms with E-state index in [4.69, 9.17) is 9.47 Å². The summed E-state index contributed by atoms with van der Waals surface area (Å²) in [6, 6.07) is 17.1. The summed E-state index contributed by atoms with van der Waals surface area (Å²) in [5.74, 6) is 1.35. The molecule has 0 bridgehead atoms. The van der Waals surface area contributed by atoms with Gasteiger partial charge in [0.25, 0.3) is 5.91 Å². The second-order valence-corrected chi connectivity index (χ2v) is 6.33. The van der Waals surface area contributed by atoms with Gasteiger partial charge in [-0.3, -0.25) is 9.78 Å². The Morgan fingerprint density at radius 3 is 2.57 bits per heavy atom. The van der Waals surface area contributed by atoms with E-state index < -0.39 is 0 Å². The van der Waals surface area contributed by atoms with Gasteiger partial charge in [0.15, 0.2) is 11.5 Å². The third-order valence-corrected chi connectivity index (χ3v) is 4.45. The van der Waals surface area contributed by atoms with Crippen LogP contribution in [0.15, 0.2) is 67.0 Å². The summed E-state index contributed by atoms with van der Waals surface area (Å²) >= 11 is 0. The molecular weight excluding hydrogens is 354 g/mol. The van der Waals surface area contributed by atoms with Gasteiger partial charge < -0.3 is 19.7 Å². The van der Waals surface area contributed by atoms with Crippen LogP contribution in [0.3, 0.4) is 0 Å². The van der Waals surface area contributed by atoms with E-state index in [1.54, 1.807) is 23.4 Å². The Hall–Kier alpha value is -3.54. The van der Waals surface area contributed by atoms with Crippen molar-refractivity contribution in [3.05, 3.63) is 72.6 Å². The fraction of sp³-hybridized carbons (Fsp3) is 0.182. The van der Waals surface area contributed by atoms with Gasteiger partial charge in [-0.2, -0.15) is 0 Å². The van der Waals surface area contributed by atoms with Gasteiger partial charge in [0.05, 0.1) is 17.4 Å². The van der Waals surface area contributed by atoms with Crippen LogP contribution in [0, 0.1) is 0 Å². The fourth-order valence-corrected chi connectivity index (χ4v) is 3.12. The number of rotatable bonds is 5. The molecule has 28 heavy (non-hydrogen) atoms. The lowest BCUT2D eigenvalue weighted by atomic mass is 10.2. The van der Waals surface area contributed by atoms with E-state index in [0.717, 1.165) is 22.8 Å². The number of para-hydroxylation sites is 1. The minimum atomic E-state index is -0.0907. The molecule has 1 amide bonds. The highest BCUT2D eigenvalue weighted by Crippen LogP contribution is 2.33. The summed E-state index contributed by atoms with van der Waals surface area (Å²) in [5.41, 5.74) is 2.95. The Labute approximate surface area is 163 Å². The third kappa shape index (κ3) is 3.76. The molecule has 2 heterocycles. The molecule has 0 aliphatic carbocycles. The molecule has 0 atom stereocenters. The van der Waals surface area contributed by atoms with Gasteiger partial charge in [0.2, 0.25) is 0 Å². The number of anilines is 3. The minimum Gasteiger partial charge on any atom is -0.486 e. The maximum atomic E-state index is 13.0. The first-order valence-electron chi connectivity index (χ1n) is 9.23. The standard InChI is InChI=1S/C22H21N3O3/c1-2-25(19-6-4-3-5-7-19)22(26)16-12-18(15-23-14-16)24-17-8-9-20-21(13-17)28-11-10-27-20/h3-9,12-15,24H,2,10-11H2,1H3. The highest BCUT2D eigenvalue weighted by molar-refractivity contribution is 6.06. The van der Waals surface area contributed by atoms with E-state index in [1.165, 1.54) is 0 Å². The van der Waals surface area contributed by atoms with Crippen LogP contribution in [0.2, 0.25) is 0 Å². The van der Waals surface area contributed by atoms with Crippen molar-refractivity contribution in [2.24, 2.45) is 0 Å². The molecule has 6 nitrogen and oxygen atoms in total. The first kappa shape index (κ1) is 17.9. The van der Waals surface area contributed by atoms with E-state index in [1.807, 2.05) is 55.5 Å². The molecule has 0 radical (unpaired) electrons. The Morgan fingerprint density at radius 2 is 1.79 bits per heavy atom. The van der Waals surface area contributed by atoms with Crippen molar-refractivity contribution in [3.63, 3.8) is 0 Å². The van der Waals surface area contributed by atoms with Crippen molar-refractivity contribution in [2.75, 3.05) is 30.0 Å². The van der Waals surface area contributed by atoms with Crippen LogP contribution in [0.5, 0.6) is 11.5 Å². The SMILES string of the molecule is CCN(C(=O)c1cncc(Nc2ccc3c(c2)OCCO3)c1)c1ccccc1. The van der Waals surface area contributed by atoms with Crippen LogP contribution in [-0.2, 0) is 0 Å². The molecule has 0 unspecified atom stereocenters. The maximum absolute atomic E-state index is 13.0. The van der Waals surface area contributed by atoms with Gasteiger partial charge in [-0.25, -0.2) is 0 Å². The van der Waals surface area contributed by atoms with Crippen LogP contribution < -0.4 is 19.7 Å². The van der Waals surface area contributed by atoms with Crippen molar-refractivity contribution in [1.29, 1.82) is 0 Å². The number of hydrogen-bond donors (Lipinski definition) is 1. The number of hydrogen-bond acceptors (Lipinski definition) is 5. The number of nitrogens with zero attached hydrogens (tertiary/aromatic N) is 2. The Bertz CT molecular complexity index is 976. The first-order chi connectivity index (χ1) is 13.7. The second-order valence-electron chi connectivity index (χ2n) is 6.33. The van der Waals surface area contributed by atoms with E-state index in [-0.39, 0.29) is 5.91 Å². The predicted octanol–water partition coefficient (Wildman–Crippen LogP) is 4.26. The molecule has 1 aliphatic rings. The fourth-order valence-electron chi connectivity index (χ4n) is 3.12. The average Bonchev–Trinajstić information content (AvgIpc) is 2.75. The number of aromatic nitrogens is 1. The van der Waals surface area contributed by atoms with Crippen molar-refractivity contribution in [3.8, 4) is 11.5 Å². The van der Waals surface area contributed by atoms with E-state index in [2.05, 4.69) is 10.3 Å². The Morgan fingerprint density at radius 1 is 1.00 bits per heavy atom. The molecule has 1 aromatic heterocycles. The molecule has 0 spiro atoms. The van der Waals surface area contributed by atoms with Crippen LogP contribution in [-0.4, -0.2) is 30.6 Å². The van der Waals surface area contributed by atoms with Crippen molar-refractivity contribution in [2.45, 2.75) is 6.92 Å². The maximum Gasteiger partial charge on any atom is 0.259 e. The number of amides is 1. The van der Waals surface area contributed by atoms with Crippen molar-refractivity contribution >= 4 is 23.0 Å². The summed E-state index contributed by atoms with van der Waals surface area (Å²) < 4.78 is 11.2. The van der Waals surface area contributed by atoms with Crippen molar-refractivity contribution in [1.82, 2.24) is 4.98 Å². The Kier molecular flexibility index (Phi) is 5.10. The van der Waals surface area contributed by atoms with E-state index in [0.29, 0.717) is 31.1 Å².